The van der Waals surface area contributed by atoms with Crippen LogP contribution in [-0.4, -0.2) is 34.8 Å². The quantitative estimate of drug-likeness (QED) is 0.716. The van der Waals surface area contributed by atoms with E-state index in [4.69, 9.17) is 9.47 Å². The van der Waals surface area contributed by atoms with Crippen LogP contribution in [0.15, 0.2) is 55.6 Å². The van der Waals surface area contributed by atoms with Crippen LogP contribution in [-0.2, 0) is 20.8 Å². The Kier molecular flexibility index (Phi) is 5.97. The van der Waals surface area contributed by atoms with E-state index in [1.165, 1.54) is 0 Å². The number of carbonyl (C=O) groups excluding carboxylic acids is 1. The predicted octanol–water partition coefficient (Wildman–Crippen LogP) is 3.69. The molecule has 1 amide bonds. The standard InChI is InChI=1S/C20H27NO3/c1-6-11-17(19-18(7-2)23-20(4,5)24-19)21(15(3)22)14-16-12-9-8-10-13-16/h6-10,12-13,17-19H,1-2,11,14H2,3-5H3/t17-,18+,19-/m0/s1. The van der Waals surface area contributed by atoms with Gasteiger partial charge in [0.05, 0.1) is 6.04 Å². The van der Waals surface area contributed by atoms with Gasteiger partial charge in [0.1, 0.15) is 12.2 Å². The summed E-state index contributed by atoms with van der Waals surface area (Å²) >= 11 is 0. The minimum absolute atomic E-state index is 0.00169. The molecule has 0 radical (unpaired) electrons. The van der Waals surface area contributed by atoms with Gasteiger partial charge in [0.2, 0.25) is 5.91 Å². The van der Waals surface area contributed by atoms with E-state index < -0.39 is 5.79 Å². The highest BCUT2D eigenvalue weighted by atomic mass is 16.8. The molecule has 0 bridgehead atoms. The lowest BCUT2D eigenvalue weighted by Crippen LogP contribution is -2.49. The van der Waals surface area contributed by atoms with E-state index in [0.29, 0.717) is 13.0 Å². The van der Waals surface area contributed by atoms with Crippen LogP contribution in [0.25, 0.3) is 0 Å². The van der Waals surface area contributed by atoms with Gasteiger partial charge in [0, 0.05) is 13.5 Å². The number of rotatable bonds is 7. The average molecular weight is 329 g/mol. The van der Waals surface area contributed by atoms with E-state index in [0.717, 1.165) is 5.56 Å². The molecule has 0 saturated carbocycles. The summed E-state index contributed by atoms with van der Waals surface area (Å²) < 4.78 is 12.0. The molecule has 1 heterocycles. The first-order valence-electron chi connectivity index (χ1n) is 8.28. The van der Waals surface area contributed by atoms with Crippen LogP contribution in [0, 0.1) is 0 Å². The zero-order valence-electron chi connectivity index (χ0n) is 14.8. The molecule has 0 N–H and O–H groups in total. The van der Waals surface area contributed by atoms with E-state index in [2.05, 4.69) is 13.2 Å². The Balaban J connectivity index is 2.29. The second-order valence-electron chi connectivity index (χ2n) is 6.52. The fourth-order valence-electron chi connectivity index (χ4n) is 3.15. The highest BCUT2D eigenvalue weighted by molar-refractivity contribution is 5.73. The zero-order chi connectivity index (χ0) is 17.7. The van der Waals surface area contributed by atoms with E-state index >= 15 is 0 Å². The third kappa shape index (κ3) is 4.34. The van der Waals surface area contributed by atoms with Gasteiger partial charge >= 0.3 is 0 Å². The summed E-state index contributed by atoms with van der Waals surface area (Å²) in [5.41, 5.74) is 1.08. The summed E-state index contributed by atoms with van der Waals surface area (Å²) in [7, 11) is 0. The van der Waals surface area contributed by atoms with Gasteiger partial charge in [-0.1, -0.05) is 42.5 Å². The molecule has 0 aromatic heterocycles. The Morgan fingerprint density at radius 3 is 2.50 bits per heavy atom. The van der Waals surface area contributed by atoms with Gasteiger partial charge in [-0.15, -0.1) is 13.2 Å². The Hall–Kier alpha value is -1.91. The molecule has 1 aliphatic heterocycles. The number of nitrogens with zero attached hydrogens (tertiary/aromatic N) is 1. The molecule has 1 fully saturated rings. The van der Waals surface area contributed by atoms with Gasteiger partial charge in [-0.25, -0.2) is 0 Å². The second-order valence-corrected chi connectivity index (χ2v) is 6.52. The predicted molar refractivity (Wildman–Crippen MR) is 95.3 cm³/mol. The topological polar surface area (TPSA) is 38.8 Å². The summed E-state index contributed by atoms with van der Waals surface area (Å²) in [6.07, 6.45) is 3.66. The first-order valence-corrected chi connectivity index (χ1v) is 8.28. The number of benzene rings is 1. The maximum Gasteiger partial charge on any atom is 0.220 e. The third-order valence-electron chi connectivity index (χ3n) is 4.18. The van der Waals surface area contributed by atoms with Crippen LogP contribution in [0.3, 0.4) is 0 Å². The fraction of sp³-hybridized carbons (Fsp3) is 0.450. The van der Waals surface area contributed by atoms with E-state index in [1.54, 1.807) is 13.0 Å². The molecule has 0 aliphatic carbocycles. The van der Waals surface area contributed by atoms with Gasteiger partial charge in [-0.3, -0.25) is 4.79 Å². The molecule has 130 valence electrons. The van der Waals surface area contributed by atoms with Crippen molar-refractivity contribution in [2.75, 3.05) is 0 Å². The lowest BCUT2D eigenvalue weighted by molar-refractivity contribution is -0.155. The number of carbonyl (C=O) groups is 1. The molecule has 1 aliphatic rings. The highest BCUT2D eigenvalue weighted by Gasteiger charge is 2.45. The molecule has 24 heavy (non-hydrogen) atoms. The Morgan fingerprint density at radius 1 is 1.29 bits per heavy atom. The van der Waals surface area contributed by atoms with Crippen LogP contribution >= 0.6 is 0 Å². The van der Waals surface area contributed by atoms with Crippen LogP contribution in [0.4, 0.5) is 0 Å². The van der Waals surface area contributed by atoms with Crippen molar-refractivity contribution in [3.8, 4) is 0 Å². The largest absolute Gasteiger partial charge is 0.342 e. The van der Waals surface area contributed by atoms with Gasteiger partial charge < -0.3 is 14.4 Å². The van der Waals surface area contributed by atoms with Crippen molar-refractivity contribution in [2.45, 2.75) is 57.8 Å². The van der Waals surface area contributed by atoms with Gasteiger partial charge in [-0.05, 0) is 25.8 Å². The van der Waals surface area contributed by atoms with Crippen molar-refractivity contribution in [2.24, 2.45) is 0 Å². The van der Waals surface area contributed by atoms with E-state index in [9.17, 15) is 4.79 Å². The molecule has 4 nitrogen and oxygen atoms in total. The lowest BCUT2D eigenvalue weighted by Gasteiger charge is -2.35. The zero-order valence-corrected chi connectivity index (χ0v) is 14.8. The second kappa shape index (κ2) is 7.77. The van der Waals surface area contributed by atoms with Crippen molar-refractivity contribution in [1.82, 2.24) is 4.90 Å². The summed E-state index contributed by atoms with van der Waals surface area (Å²) in [5.74, 6) is -0.695. The molecule has 4 heteroatoms. The van der Waals surface area contributed by atoms with Gasteiger partial charge in [-0.2, -0.15) is 0 Å². The molecule has 1 aromatic rings. The maximum atomic E-state index is 12.3. The van der Waals surface area contributed by atoms with Crippen LogP contribution in [0.1, 0.15) is 32.8 Å². The van der Waals surface area contributed by atoms with Gasteiger partial charge in [0.15, 0.2) is 5.79 Å². The Labute approximate surface area is 144 Å². The van der Waals surface area contributed by atoms with Gasteiger partial charge in [0.25, 0.3) is 0 Å². The molecule has 1 saturated heterocycles. The Bertz CT molecular complexity index is 582. The maximum absolute atomic E-state index is 12.3. The van der Waals surface area contributed by atoms with E-state index in [-0.39, 0.29) is 24.2 Å². The molecule has 1 aromatic carbocycles. The monoisotopic (exact) mass is 329 g/mol. The minimum Gasteiger partial charge on any atom is -0.342 e. The first kappa shape index (κ1) is 18.4. The molecular weight excluding hydrogens is 302 g/mol. The fourth-order valence-corrected chi connectivity index (χ4v) is 3.15. The van der Waals surface area contributed by atoms with Crippen molar-refractivity contribution in [3.05, 3.63) is 61.2 Å². The van der Waals surface area contributed by atoms with Crippen LogP contribution < -0.4 is 0 Å². The summed E-state index contributed by atoms with van der Waals surface area (Å²) in [6.45, 7) is 13.6. The number of amides is 1. The SMILES string of the molecule is C=CC[C@@H]([C@@H]1OC(C)(C)O[C@@H]1C=C)N(Cc1ccccc1)C(C)=O. The van der Waals surface area contributed by atoms with Crippen molar-refractivity contribution in [1.29, 1.82) is 0 Å². The lowest BCUT2D eigenvalue weighted by atomic mass is 9.99. The third-order valence-corrected chi connectivity index (χ3v) is 4.18. The van der Waals surface area contributed by atoms with Crippen molar-refractivity contribution >= 4 is 5.91 Å². The first-order chi connectivity index (χ1) is 11.4. The number of hydrogen-bond acceptors (Lipinski definition) is 3. The number of hydrogen-bond donors (Lipinski definition) is 0. The van der Waals surface area contributed by atoms with Crippen LogP contribution in [0.2, 0.25) is 0 Å². The number of ether oxygens (including phenoxy) is 2. The normalized spacial score (nSPS) is 23.5. The molecule has 2 rings (SSSR count). The molecule has 3 atom stereocenters. The van der Waals surface area contributed by atoms with Crippen molar-refractivity contribution < 1.29 is 14.3 Å². The highest BCUT2D eigenvalue weighted by Crippen LogP contribution is 2.33. The summed E-state index contributed by atoms with van der Waals surface area (Å²) in [5, 5.41) is 0. The average Bonchev–Trinajstić information content (AvgIpc) is 2.86. The molecule has 0 unspecified atom stereocenters. The minimum atomic E-state index is -0.696. The smallest absolute Gasteiger partial charge is 0.220 e. The van der Waals surface area contributed by atoms with Crippen molar-refractivity contribution in [3.63, 3.8) is 0 Å². The van der Waals surface area contributed by atoms with Crippen LogP contribution in [0.5, 0.6) is 0 Å². The Morgan fingerprint density at radius 2 is 1.96 bits per heavy atom. The summed E-state index contributed by atoms with van der Waals surface area (Å²) in [4.78, 5) is 14.2. The summed E-state index contributed by atoms with van der Waals surface area (Å²) in [6, 6.07) is 9.78. The molecular formula is C20H27NO3. The molecule has 0 spiro atoms. The van der Waals surface area contributed by atoms with E-state index in [1.807, 2.05) is 55.2 Å².